The normalized spacial score (nSPS) is 24.0. The van der Waals surface area contributed by atoms with Crippen molar-refractivity contribution in [2.24, 2.45) is 13.0 Å². The van der Waals surface area contributed by atoms with Crippen molar-refractivity contribution < 1.29 is 38.2 Å². The number of para-hydroxylation sites is 1. The van der Waals surface area contributed by atoms with Gasteiger partial charge in [-0.25, -0.2) is 0 Å². The summed E-state index contributed by atoms with van der Waals surface area (Å²) in [4.78, 5) is 16.6. The third kappa shape index (κ3) is 6.15. The molecule has 2 atom stereocenters. The van der Waals surface area contributed by atoms with Crippen molar-refractivity contribution in [2.45, 2.75) is 17.9 Å². The summed E-state index contributed by atoms with van der Waals surface area (Å²) in [5.41, 5.74) is 2.51. The molecule has 42 heavy (non-hydrogen) atoms. The fourth-order valence-corrected chi connectivity index (χ4v) is 9.55. The van der Waals surface area contributed by atoms with Crippen LogP contribution in [0, 0.1) is 5.92 Å². The number of aromatic nitrogens is 1. The third-order valence-electron chi connectivity index (χ3n) is 7.42. The average Bonchev–Trinajstić information content (AvgIpc) is 3.51. The monoisotopic (exact) mass is 708 g/mol. The average molecular weight is 706 g/mol. The summed E-state index contributed by atoms with van der Waals surface area (Å²) in [6.07, 6.45) is 2.64. The number of thioether (sulfide) groups is 1. The number of carbonyl (C=O) groups is 1. The zero-order valence-electron chi connectivity index (χ0n) is 23.7. The van der Waals surface area contributed by atoms with Crippen molar-refractivity contribution in [3.63, 3.8) is 0 Å². The number of aryl methyl sites for hydroxylation is 1. The van der Waals surface area contributed by atoms with Gasteiger partial charge in [-0.3, -0.25) is 0 Å². The summed E-state index contributed by atoms with van der Waals surface area (Å²) >= 11 is 0.778. The van der Waals surface area contributed by atoms with Gasteiger partial charge < -0.3 is 0 Å². The quantitative estimate of drug-likeness (QED) is 0.231. The van der Waals surface area contributed by atoms with E-state index in [0.29, 0.717) is 69.9 Å². The van der Waals surface area contributed by atoms with Gasteiger partial charge in [0.2, 0.25) is 0 Å². The Labute approximate surface area is 259 Å². The molecule has 0 bridgehead atoms. The van der Waals surface area contributed by atoms with Crippen molar-refractivity contribution in [3.8, 4) is 11.5 Å². The van der Waals surface area contributed by atoms with Crippen LogP contribution >= 0.6 is 11.8 Å². The van der Waals surface area contributed by atoms with Crippen LogP contribution in [0.5, 0.6) is 11.5 Å². The second-order valence-electron chi connectivity index (χ2n) is 10.0. The van der Waals surface area contributed by atoms with Crippen molar-refractivity contribution >= 4 is 58.7 Å². The van der Waals surface area contributed by atoms with Gasteiger partial charge in [-0.1, -0.05) is 0 Å². The van der Waals surface area contributed by atoms with Gasteiger partial charge in [0.15, 0.2) is 0 Å². The summed E-state index contributed by atoms with van der Waals surface area (Å²) < 4.78 is 33.1. The predicted molar refractivity (Wildman–Crippen MR) is 159 cm³/mol. The summed E-state index contributed by atoms with van der Waals surface area (Å²) in [6.45, 7) is 6.56. The Bertz CT molecular complexity index is 1520. The SMILES string of the molecule is CCN1/C(=C\C2C(=O)/C(=C\c3[te]c4cc5c(cc4[n+]3C)OCCOCCOCCOCCO5)C2[O-])Sc2ccccc21. The van der Waals surface area contributed by atoms with E-state index < -0.39 is 32.5 Å². The number of nitrogens with zero attached hydrogens (tertiary/aromatic N) is 2. The van der Waals surface area contributed by atoms with Gasteiger partial charge >= 0.3 is 260 Å². The molecule has 0 N–H and O–H groups in total. The zero-order chi connectivity index (χ0) is 29.1. The molecule has 6 rings (SSSR count). The van der Waals surface area contributed by atoms with E-state index in [0.717, 1.165) is 31.4 Å². The summed E-state index contributed by atoms with van der Waals surface area (Å²) in [7, 11) is 1.98. The van der Waals surface area contributed by atoms with Gasteiger partial charge in [-0.2, -0.15) is 0 Å². The molecular formula is C31H34N2O7STe. The Morgan fingerprint density at radius 2 is 1.64 bits per heavy atom. The first kappa shape index (κ1) is 29.7. The molecule has 2 unspecified atom stereocenters. The molecule has 3 heterocycles. The number of hydrogen-bond acceptors (Lipinski definition) is 9. The van der Waals surface area contributed by atoms with E-state index in [1.165, 1.54) is 3.40 Å². The molecule has 3 aliphatic rings. The van der Waals surface area contributed by atoms with Gasteiger partial charge in [0, 0.05) is 0 Å². The van der Waals surface area contributed by atoms with Crippen LogP contribution in [-0.2, 0) is 26.1 Å². The first-order valence-electron chi connectivity index (χ1n) is 14.2. The molecule has 1 saturated carbocycles. The number of ketones is 1. The molecule has 11 heteroatoms. The van der Waals surface area contributed by atoms with E-state index in [4.69, 9.17) is 23.7 Å². The Kier molecular flexibility index (Phi) is 9.56. The van der Waals surface area contributed by atoms with Crippen molar-refractivity contribution in [1.82, 2.24) is 0 Å². The molecule has 222 valence electrons. The van der Waals surface area contributed by atoms with Crippen molar-refractivity contribution in [2.75, 3.05) is 64.3 Å². The van der Waals surface area contributed by atoms with Crippen LogP contribution in [0.2, 0.25) is 0 Å². The van der Waals surface area contributed by atoms with E-state index in [9.17, 15) is 9.90 Å². The van der Waals surface area contributed by atoms with Gasteiger partial charge in [0.1, 0.15) is 0 Å². The van der Waals surface area contributed by atoms with E-state index in [1.54, 1.807) is 11.8 Å². The molecule has 1 fully saturated rings. The zero-order valence-corrected chi connectivity index (χ0v) is 26.9. The first-order chi connectivity index (χ1) is 20.5. The number of carbonyl (C=O) groups excluding carboxylic acids is 1. The van der Waals surface area contributed by atoms with Crippen LogP contribution < -0.4 is 24.0 Å². The van der Waals surface area contributed by atoms with E-state index in [2.05, 4.69) is 28.5 Å². The third-order valence-corrected chi connectivity index (χ3v) is 11.8. The fourth-order valence-electron chi connectivity index (χ4n) is 5.16. The van der Waals surface area contributed by atoms with E-state index in [-0.39, 0.29) is 5.78 Å². The summed E-state index contributed by atoms with van der Waals surface area (Å²) in [5, 5.41) is 14.3. The maximum atomic E-state index is 13.3. The molecular weight excluding hydrogens is 672 g/mol. The summed E-state index contributed by atoms with van der Waals surface area (Å²) in [6, 6.07) is 12.2. The van der Waals surface area contributed by atoms with E-state index >= 15 is 0 Å². The molecule has 2 aliphatic heterocycles. The number of rotatable bonds is 3. The molecule has 2 aromatic carbocycles. The molecule has 9 nitrogen and oxygen atoms in total. The summed E-state index contributed by atoms with van der Waals surface area (Å²) in [5.74, 6) is 0.583. The second-order valence-corrected chi connectivity index (χ2v) is 14.1. The second kappa shape index (κ2) is 13.5. The molecule has 1 aliphatic carbocycles. The van der Waals surface area contributed by atoms with Crippen LogP contribution in [0.3, 0.4) is 0 Å². The molecule has 3 aromatic rings. The number of benzene rings is 2. The Balaban J connectivity index is 1.22. The molecule has 0 spiro atoms. The van der Waals surface area contributed by atoms with Crippen LogP contribution in [0.1, 0.15) is 10.6 Å². The predicted octanol–water partition coefficient (Wildman–Crippen LogP) is 2.33. The molecule has 0 radical (unpaired) electrons. The minimum absolute atomic E-state index is 0.0777. The van der Waals surface area contributed by atoms with Crippen molar-refractivity contribution in [3.05, 3.63) is 56.8 Å². The van der Waals surface area contributed by atoms with Crippen LogP contribution in [-0.4, -0.2) is 91.7 Å². The van der Waals surface area contributed by atoms with Crippen molar-refractivity contribution in [1.29, 1.82) is 0 Å². The van der Waals surface area contributed by atoms with Crippen LogP contribution in [0.4, 0.5) is 5.69 Å². The number of ether oxygens (including phenoxy) is 5. The van der Waals surface area contributed by atoms with Gasteiger partial charge in [-0.15, -0.1) is 0 Å². The Morgan fingerprint density at radius 1 is 1.00 bits per heavy atom. The number of Topliss-reactive ketones (excluding diaryl/α,β-unsaturated/α-hetero) is 1. The Hall–Kier alpha value is -2.36. The fraction of sp³-hybridized carbons (Fsp3) is 0.419. The molecule has 0 saturated heterocycles. The first-order valence-corrected chi connectivity index (χ1v) is 17.3. The van der Waals surface area contributed by atoms with Gasteiger partial charge in [-0.05, 0) is 0 Å². The topological polar surface area (TPSA) is 93.4 Å². The minimum atomic E-state index is -1.07. The number of hydrogen-bond donors (Lipinski definition) is 0. The van der Waals surface area contributed by atoms with Gasteiger partial charge in [0.05, 0.1) is 0 Å². The maximum absolute atomic E-state index is 13.3. The van der Waals surface area contributed by atoms with Crippen LogP contribution in [0.25, 0.3) is 15.0 Å². The van der Waals surface area contributed by atoms with E-state index in [1.807, 2.05) is 43.5 Å². The molecule has 0 amide bonds. The van der Waals surface area contributed by atoms with Crippen LogP contribution in [0.15, 0.2) is 58.0 Å². The standard InChI is InChI=1S/C31H34N2O7STe/c1-3-33-22-6-4-5-7-26(22)41-28(33)16-20-30(34)21(31(20)35)17-29-32(2)23-18-24-25(19-27(23)42-29)40-15-13-38-11-9-36-8-10-37-12-14-39-24/h4-7,16-20,30H,3,8-15H2,1-2H3/b21-17-,28-16+. The molecule has 1 aromatic heterocycles. The number of anilines is 1. The number of fused-ring (bicyclic) bond motifs is 3. The van der Waals surface area contributed by atoms with Gasteiger partial charge in [0.25, 0.3) is 0 Å². The Morgan fingerprint density at radius 3 is 2.31 bits per heavy atom.